The van der Waals surface area contributed by atoms with E-state index in [-0.39, 0.29) is 30.7 Å². The first-order valence-corrected chi connectivity index (χ1v) is 20.0. The van der Waals surface area contributed by atoms with Crippen LogP contribution in [0.4, 0.5) is 0 Å². The number of thiol groups is 1. The van der Waals surface area contributed by atoms with Crippen molar-refractivity contribution >= 4 is 60.7 Å². The van der Waals surface area contributed by atoms with Gasteiger partial charge in [-0.05, 0) is 64.7 Å². The minimum Gasteiger partial charge on any atom is -0.481 e. The number of aliphatic hydroxyl groups excluding tert-OH is 1. The van der Waals surface area contributed by atoms with Crippen molar-refractivity contribution in [2.75, 3.05) is 92.4 Å². The number of aliphatic hydroxyl groups is 1. The zero-order valence-electron chi connectivity index (χ0n) is 35.0. The number of nitrogens with zero attached hydrogens (tertiary/aromatic N) is 4. The maximum absolute atomic E-state index is 11.9. The molecule has 0 aliphatic heterocycles. The Morgan fingerprint density at radius 1 is 0.684 bits per heavy atom. The van der Waals surface area contributed by atoms with E-state index < -0.39 is 11.9 Å². The van der Waals surface area contributed by atoms with Crippen LogP contribution in [0.25, 0.3) is 0 Å². The number of carbonyl (C=O) groups is 6. The van der Waals surface area contributed by atoms with Crippen LogP contribution in [0.5, 0.6) is 0 Å². The predicted molar refractivity (Wildman–Crippen MR) is 226 cm³/mol. The van der Waals surface area contributed by atoms with Gasteiger partial charge in [-0.2, -0.15) is 5.10 Å². The van der Waals surface area contributed by atoms with Gasteiger partial charge in [0.15, 0.2) is 0 Å². The smallest absolute Gasteiger partial charge is 0.317 e. The molecule has 0 atom stereocenters. The number of unbranched alkanes of at least 4 members (excludes halogenated alkanes) is 3. The topological polar surface area (TPSA) is 275 Å². The van der Waals surface area contributed by atoms with Crippen molar-refractivity contribution in [2.45, 2.75) is 98.3 Å². The Kier molecular flexibility index (Phi) is 51.0. The number of carbonyl (C=O) groups excluding carboxylic acids is 4. The first-order chi connectivity index (χ1) is 27.4. The van der Waals surface area contributed by atoms with E-state index in [0.29, 0.717) is 110 Å². The maximum Gasteiger partial charge on any atom is 0.317 e. The summed E-state index contributed by atoms with van der Waals surface area (Å²) in [6.45, 7) is 14.5. The van der Waals surface area contributed by atoms with Gasteiger partial charge >= 0.3 is 11.9 Å². The standard InChI is InChI=1S/C24H47N7O5S.C9H17NO4.C3H6O.CH4O/c1-3-31(4-2)20-24(34)28-14-16-36-18-17-35-15-13-27-22(32)10-6-5-7-12-26-19-21(29-25)9-8-11-23(33)30-37;1-2-10(7-9(13)14)6-4-3-5-8(11)12;1-2-3-4;1-2/h19,37H,3-18,20,25H2,1-2H3,(H,27,32)(H,28,34)(H,30,33);2-7H2,1H3,(H,11,12)(H,13,14);3H,2H2,1H3;2H,1H3/b26-19?,29-21-;;;. The van der Waals surface area contributed by atoms with E-state index in [9.17, 15) is 28.8 Å². The van der Waals surface area contributed by atoms with Gasteiger partial charge in [-0.1, -0.05) is 46.9 Å². The molecule has 57 heavy (non-hydrogen) atoms. The SMILES string of the molecule is CCC=O.CCN(CC)CC(=O)NCCOCCOCCNC(=O)CCCCCN=C/C(CCCC(=O)NS)=N\N.CCN(CCCCC(=O)O)CC(=O)O.CO. The lowest BCUT2D eigenvalue weighted by Crippen LogP contribution is -2.38. The molecule has 0 rings (SSSR count). The number of ether oxygens (including phenoxy) is 2. The van der Waals surface area contributed by atoms with Crippen LogP contribution in [-0.4, -0.2) is 165 Å². The Morgan fingerprint density at radius 3 is 1.72 bits per heavy atom. The van der Waals surface area contributed by atoms with Gasteiger partial charge in [0, 0.05) is 58.6 Å². The Labute approximate surface area is 345 Å². The summed E-state index contributed by atoms with van der Waals surface area (Å²) in [5, 5.41) is 33.2. The van der Waals surface area contributed by atoms with Gasteiger partial charge in [0.2, 0.25) is 17.7 Å². The largest absolute Gasteiger partial charge is 0.481 e. The first-order valence-electron chi connectivity index (χ1n) is 19.6. The summed E-state index contributed by atoms with van der Waals surface area (Å²) in [6.07, 6.45) is 9.23. The first kappa shape index (κ1) is 60.0. The minimum atomic E-state index is -0.843. The van der Waals surface area contributed by atoms with E-state index in [0.717, 1.165) is 52.2 Å². The Balaban J connectivity index is -0.000000577. The Hall–Kier alpha value is -3.69. The van der Waals surface area contributed by atoms with E-state index in [1.165, 1.54) is 0 Å². The molecule has 20 heteroatoms. The molecule has 0 saturated carbocycles. The van der Waals surface area contributed by atoms with Crippen LogP contribution in [-0.2, 0) is 38.2 Å². The number of carboxylic acids is 2. The third-order valence-electron chi connectivity index (χ3n) is 7.42. The molecule has 0 unspecified atom stereocenters. The van der Waals surface area contributed by atoms with Crippen molar-refractivity contribution in [3.8, 4) is 0 Å². The molecule has 0 aromatic rings. The lowest BCUT2D eigenvalue weighted by Gasteiger charge is -2.17. The van der Waals surface area contributed by atoms with E-state index in [1.807, 2.05) is 27.7 Å². The molecular weight excluding hydrogens is 765 g/mol. The number of nitrogens with one attached hydrogen (secondary N) is 3. The summed E-state index contributed by atoms with van der Waals surface area (Å²) in [4.78, 5) is 72.6. The molecule has 0 bridgehead atoms. The molecule has 3 amide bonds. The number of amides is 3. The summed E-state index contributed by atoms with van der Waals surface area (Å²) >= 11 is 3.70. The Morgan fingerprint density at radius 2 is 1.23 bits per heavy atom. The van der Waals surface area contributed by atoms with Crippen LogP contribution in [0, 0.1) is 0 Å². The van der Waals surface area contributed by atoms with Crippen LogP contribution < -0.4 is 21.2 Å². The molecule has 0 aliphatic carbocycles. The van der Waals surface area contributed by atoms with Gasteiger partial charge < -0.3 is 50.8 Å². The van der Waals surface area contributed by atoms with Crippen molar-refractivity contribution < 1.29 is 53.6 Å². The van der Waals surface area contributed by atoms with Crippen LogP contribution in [0.3, 0.4) is 0 Å². The van der Waals surface area contributed by atoms with E-state index in [1.54, 1.807) is 11.1 Å². The number of aldehydes is 1. The number of likely N-dealkylation sites (N-methyl/N-ethyl adjacent to an activating group) is 2. The van der Waals surface area contributed by atoms with Crippen molar-refractivity contribution in [3.63, 3.8) is 0 Å². The van der Waals surface area contributed by atoms with E-state index in [2.05, 4.69) is 43.2 Å². The highest BCUT2D eigenvalue weighted by molar-refractivity contribution is 7.78. The number of rotatable bonds is 33. The van der Waals surface area contributed by atoms with Gasteiger partial charge in [0.1, 0.15) is 6.29 Å². The number of nitrogens with two attached hydrogens (primary N) is 1. The van der Waals surface area contributed by atoms with Crippen LogP contribution in [0.15, 0.2) is 10.1 Å². The molecular formula is C37H74N8O11S. The fourth-order valence-corrected chi connectivity index (χ4v) is 4.39. The Bertz CT molecular complexity index is 1070. The molecule has 0 aromatic heterocycles. The average molecular weight is 839 g/mol. The molecule has 0 aliphatic rings. The second-order valence-corrected chi connectivity index (χ2v) is 12.2. The predicted octanol–water partition coefficient (Wildman–Crippen LogP) is 1.52. The van der Waals surface area contributed by atoms with Gasteiger partial charge in [-0.3, -0.25) is 38.8 Å². The fraction of sp³-hybridized carbons (Fsp3) is 0.784. The summed E-state index contributed by atoms with van der Waals surface area (Å²) < 4.78 is 13.1. The number of aliphatic carboxylic acids is 2. The number of hydrogen-bond acceptors (Lipinski definition) is 15. The monoisotopic (exact) mass is 839 g/mol. The molecule has 0 aromatic carbocycles. The van der Waals surface area contributed by atoms with Crippen molar-refractivity contribution in [1.29, 1.82) is 0 Å². The highest BCUT2D eigenvalue weighted by atomic mass is 32.1. The molecule has 0 radical (unpaired) electrons. The third-order valence-corrected chi connectivity index (χ3v) is 7.67. The summed E-state index contributed by atoms with van der Waals surface area (Å²) in [5.74, 6) is 3.57. The minimum absolute atomic E-state index is 0.00385. The van der Waals surface area contributed by atoms with E-state index >= 15 is 0 Å². The fourth-order valence-electron chi connectivity index (χ4n) is 4.28. The maximum atomic E-state index is 11.9. The molecule has 0 spiro atoms. The van der Waals surface area contributed by atoms with Gasteiger partial charge in [0.05, 0.1) is 45.2 Å². The number of hydrogen-bond donors (Lipinski definition) is 8. The number of hydrazone groups is 1. The molecule has 334 valence electrons. The second kappa shape index (κ2) is 48.5. The summed E-state index contributed by atoms with van der Waals surface area (Å²) in [6, 6.07) is 0. The highest BCUT2D eigenvalue weighted by Crippen LogP contribution is 2.02. The third kappa shape index (κ3) is 50.3. The van der Waals surface area contributed by atoms with E-state index in [4.69, 9.17) is 30.6 Å². The van der Waals surface area contributed by atoms with Crippen molar-refractivity contribution in [3.05, 3.63) is 0 Å². The van der Waals surface area contributed by atoms with Crippen molar-refractivity contribution in [1.82, 2.24) is 25.2 Å². The molecule has 0 heterocycles. The molecule has 0 fully saturated rings. The van der Waals surface area contributed by atoms with Crippen LogP contribution in [0.1, 0.15) is 98.3 Å². The lowest BCUT2D eigenvalue weighted by molar-refractivity contribution is -0.139. The molecule has 8 N–H and O–H groups in total. The van der Waals surface area contributed by atoms with Crippen LogP contribution >= 0.6 is 12.8 Å². The zero-order valence-corrected chi connectivity index (χ0v) is 35.9. The number of aliphatic imine (C=N–C) groups is 1. The van der Waals surface area contributed by atoms with Gasteiger partial charge in [0.25, 0.3) is 0 Å². The quantitative estimate of drug-likeness (QED) is 0.0116. The normalized spacial score (nSPS) is 10.7. The zero-order chi connectivity index (χ0) is 44.0. The summed E-state index contributed by atoms with van der Waals surface area (Å²) in [5.41, 5.74) is 0.648. The molecule has 0 saturated heterocycles. The van der Waals surface area contributed by atoms with Crippen molar-refractivity contribution in [2.24, 2.45) is 15.9 Å². The lowest BCUT2D eigenvalue weighted by atomic mass is 10.1. The molecule has 19 nitrogen and oxygen atoms in total. The van der Waals surface area contributed by atoms with Crippen LogP contribution in [0.2, 0.25) is 0 Å². The van der Waals surface area contributed by atoms with Gasteiger partial charge in [-0.15, -0.1) is 0 Å². The number of carboxylic acid groups (broad SMARTS) is 2. The highest BCUT2D eigenvalue weighted by Gasteiger charge is 2.08. The summed E-state index contributed by atoms with van der Waals surface area (Å²) in [7, 11) is 1.00. The average Bonchev–Trinajstić information content (AvgIpc) is 3.21. The van der Waals surface area contributed by atoms with Gasteiger partial charge in [-0.25, -0.2) is 0 Å². The second-order valence-electron chi connectivity index (χ2n) is 11.9.